The first-order chi connectivity index (χ1) is 12.0. The molecule has 8 heteroatoms. The molecule has 0 radical (unpaired) electrons. The third kappa shape index (κ3) is 5.32. The molecule has 2 aromatic rings. The Labute approximate surface area is 149 Å². The minimum Gasteiger partial charge on any atom is -0.467 e. The first kappa shape index (κ1) is 19.0. The maximum absolute atomic E-state index is 12.1. The third-order valence-corrected chi connectivity index (χ3v) is 4.33. The lowest BCUT2D eigenvalue weighted by Gasteiger charge is -2.15. The smallest absolute Gasteiger partial charge is 0.328 e. The summed E-state index contributed by atoms with van der Waals surface area (Å²) >= 11 is 1.58. The summed E-state index contributed by atoms with van der Waals surface area (Å²) in [6.45, 7) is 0. The van der Waals surface area contributed by atoms with Crippen molar-refractivity contribution in [2.45, 2.75) is 25.3 Å². The lowest BCUT2D eigenvalue weighted by molar-refractivity contribution is -0.145. The van der Waals surface area contributed by atoms with E-state index in [0.29, 0.717) is 23.1 Å². The van der Waals surface area contributed by atoms with Crippen molar-refractivity contribution in [1.29, 1.82) is 0 Å². The molecule has 1 amide bonds. The molecule has 1 aromatic carbocycles. The second-order valence-electron chi connectivity index (χ2n) is 5.45. The number of benzene rings is 1. The van der Waals surface area contributed by atoms with Gasteiger partial charge in [-0.25, -0.2) is 9.78 Å². The van der Waals surface area contributed by atoms with Gasteiger partial charge in [-0.05, 0) is 30.6 Å². The molecule has 0 spiro atoms. The number of thioether (sulfide) groups is 1. The van der Waals surface area contributed by atoms with Crippen LogP contribution in [0, 0.1) is 0 Å². The van der Waals surface area contributed by atoms with E-state index in [1.807, 2.05) is 18.4 Å². The van der Waals surface area contributed by atoms with E-state index in [2.05, 4.69) is 15.3 Å². The molecule has 1 heterocycles. The van der Waals surface area contributed by atoms with Crippen LogP contribution in [0.1, 0.15) is 18.5 Å². The van der Waals surface area contributed by atoms with Crippen LogP contribution < -0.4 is 10.9 Å². The fourth-order valence-electron chi connectivity index (χ4n) is 2.36. The first-order valence-electron chi connectivity index (χ1n) is 7.89. The highest BCUT2D eigenvalue weighted by Gasteiger charge is 2.21. The van der Waals surface area contributed by atoms with Crippen LogP contribution in [0.2, 0.25) is 0 Å². The number of aromatic amines is 1. The Bertz CT molecular complexity index is 806. The van der Waals surface area contributed by atoms with Gasteiger partial charge in [0.25, 0.3) is 5.56 Å². The number of esters is 1. The molecule has 0 unspecified atom stereocenters. The first-order valence-corrected chi connectivity index (χ1v) is 9.28. The van der Waals surface area contributed by atoms with Crippen LogP contribution in [0.3, 0.4) is 0 Å². The number of carbonyl (C=O) groups is 2. The van der Waals surface area contributed by atoms with Crippen LogP contribution in [0.5, 0.6) is 0 Å². The Morgan fingerprint density at radius 2 is 2.12 bits per heavy atom. The molecule has 0 bridgehead atoms. The zero-order valence-corrected chi connectivity index (χ0v) is 15.0. The zero-order chi connectivity index (χ0) is 18.2. The van der Waals surface area contributed by atoms with E-state index in [9.17, 15) is 14.4 Å². The summed E-state index contributed by atoms with van der Waals surface area (Å²) in [5.74, 6) is -0.0543. The minimum atomic E-state index is -0.673. The standard InChI is InChI=1S/C17H21N3O4S/c1-24-17(23)14(9-10-25-2)19-15(21)8-7-13-16(22)20-12-6-4-3-5-11(12)18-13/h3-6,14H,7-10H2,1-2H3,(H,19,21)(H,20,22)/t14-/m0/s1. The van der Waals surface area contributed by atoms with Gasteiger partial charge in [-0.1, -0.05) is 12.1 Å². The topological polar surface area (TPSA) is 101 Å². The number of amides is 1. The zero-order valence-electron chi connectivity index (χ0n) is 14.2. The number of para-hydroxylation sites is 2. The van der Waals surface area contributed by atoms with Crippen molar-refractivity contribution in [2.75, 3.05) is 19.1 Å². The number of aromatic nitrogens is 2. The molecule has 2 N–H and O–H groups in total. The Morgan fingerprint density at radius 1 is 1.36 bits per heavy atom. The Balaban J connectivity index is 2.00. The number of hydrogen-bond acceptors (Lipinski definition) is 6. The molecule has 134 valence electrons. The normalized spacial score (nSPS) is 11.9. The van der Waals surface area contributed by atoms with Crippen molar-refractivity contribution in [1.82, 2.24) is 15.3 Å². The van der Waals surface area contributed by atoms with Crippen molar-refractivity contribution >= 4 is 34.7 Å². The molecule has 25 heavy (non-hydrogen) atoms. The molecule has 1 aromatic heterocycles. The van der Waals surface area contributed by atoms with Gasteiger partial charge in [-0.2, -0.15) is 11.8 Å². The number of nitrogens with one attached hydrogen (secondary N) is 2. The van der Waals surface area contributed by atoms with E-state index in [0.717, 1.165) is 5.75 Å². The Hall–Kier alpha value is -2.35. The summed E-state index contributed by atoms with van der Waals surface area (Å²) in [6.07, 6.45) is 2.69. The predicted molar refractivity (Wildman–Crippen MR) is 97.6 cm³/mol. The van der Waals surface area contributed by atoms with Gasteiger partial charge in [0.2, 0.25) is 5.91 Å². The average Bonchev–Trinajstić information content (AvgIpc) is 2.62. The largest absolute Gasteiger partial charge is 0.467 e. The van der Waals surface area contributed by atoms with Crippen molar-refractivity contribution in [3.05, 3.63) is 40.3 Å². The van der Waals surface area contributed by atoms with Gasteiger partial charge in [0.15, 0.2) is 0 Å². The quantitative estimate of drug-likeness (QED) is 0.685. The van der Waals surface area contributed by atoms with Crippen LogP contribution >= 0.6 is 11.8 Å². The van der Waals surface area contributed by atoms with E-state index >= 15 is 0 Å². The minimum absolute atomic E-state index is 0.0706. The Morgan fingerprint density at radius 3 is 2.84 bits per heavy atom. The van der Waals surface area contributed by atoms with Gasteiger partial charge in [-0.3, -0.25) is 9.59 Å². The van der Waals surface area contributed by atoms with Gasteiger partial charge >= 0.3 is 5.97 Å². The summed E-state index contributed by atoms with van der Waals surface area (Å²) in [6, 6.07) is 6.54. The lowest BCUT2D eigenvalue weighted by Crippen LogP contribution is -2.42. The second-order valence-corrected chi connectivity index (χ2v) is 6.44. The molecule has 0 aliphatic heterocycles. The Kier molecular flexibility index (Phi) is 7.00. The highest BCUT2D eigenvalue weighted by atomic mass is 32.2. The van der Waals surface area contributed by atoms with E-state index in [-0.39, 0.29) is 24.3 Å². The fourth-order valence-corrected chi connectivity index (χ4v) is 2.83. The number of hydrogen-bond donors (Lipinski definition) is 2. The number of ether oxygens (including phenoxy) is 1. The summed E-state index contributed by atoms with van der Waals surface area (Å²) in [7, 11) is 1.29. The lowest BCUT2D eigenvalue weighted by atomic mass is 10.2. The number of rotatable bonds is 8. The van der Waals surface area contributed by atoms with E-state index < -0.39 is 12.0 Å². The van der Waals surface area contributed by atoms with Crippen molar-refractivity contribution in [3.8, 4) is 0 Å². The van der Waals surface area contributed by atoms with Crippen LogP contribution in [-0.4, -0.2) is 47.0 Å². The number of nitrogens with zero attached hydrogens (tertiary/aromatic N) is 1. The van der Waals surface area contributed by atoms with Gasteiger partial charge < -0.3 is 15.0 Å². The van der Waals surface area contributed by atoms with Crippen molar-refractivity contribution in [3.63, 3.8) is 0 Å². The molecule has 0 saturated heterocycles. The van der Waals surface area contributed by atoms with Gasteiger partial charge in [0, 0.05) is 12.8 Å². The van der Waals surface area contributed by atoms with Gasteiger partial charge in [0.1, 0.15) is 11.7 Å². The summed E-state index contributed by atoms with van der Waals surface area (Å²) in [5.41, 5.74) is 1.32. The van der Waals surface area contributed by atoms with Gasteiger partial charge in [-0.15, -0.1) is 0 Å². The molecular formula is C17H21N3O4S. The molecule has 2 rings (SSSR count). The number of H-pyrrole nitrogens is 1. The van der Waals surface area contributed by atoms with E-state index in [1.165, 1.54) is 7.11 Å². The molecular weight excluding hydrogens is 342 g/mol. The van der Waals surface area contributed by atoms with Crippen LogP contribution in [0.25, 0.3) is 11.0 Å². The fraction of sp³-hybridized carbons (Fsp3) is 0.412. The van der Waals surface area contributed by atoms with Gasteiger partial charge in [0.05, 0.1) is 18.1 Å². The molecule has 0 aliphatic rings. The second kappa shape index (κ2) is 9.22. The van der Waals surface area contributed by atoms with E-state index in [1.54, 1.807) is 23.9 Å². The summed E-state index contributed by atoms with van der Waals surface area (Å²) < 4.78 is 4.71. The molecule has 0 saturated carbocycles. The molecule has 0 aliphatic carbocycles. The highest BCUT2D eigenvalue weighted by molar-refractivity contribution is 7.98. The number of carbonyl (C=O) groups excluding carboxylic acids is 2. The predicted octanol–water partition coefficient (Wildman–Crippen LogP) is 1.27. The van der Waals surface area contributed by atoms with Crippen molar-refractivity contribution < 1.29 is 14.3 Å². The summed E-state index contributed by atoms with van der Waals surface area (Å²) in [4.78, 5) is 42.9. The number of methoxy groups -OCH3 is 1. The number of fused-ring (bicyclic) bond motifs is 1. The van der Waals surface area contributed by atoms with Crippen LogP contribution in [0.4, 0.5) is 0 Å². The number of aryl methyl sites for hydroxylation is 1. The SMILES string of the molecule is COC(=O)[C@H](CCSC)NC(=O)CCc1nc2ccccc2[nH]c1=O. The maximum Gasteiger partial charge on any atom is 0.328 e. The molecule has 7 nitrogen and oxygen atoms in total. The van der Waals surface area contributed by atoms with Crippen LogP contribution in [-0.2, 0) is 20.7 Å². The summed E-state index contributed by atoms with van der Waals surface area (Å²) in [5, 5.41) is 2.66. The third-order valence-electron chi connectivity index (χ3n) is 3.69. The maximum atomic E-state index is 12.1. The molecule has 0 fully saturated rings. The highest BCUT2D eigenvalue weighted by Crippen LogP contribution is 2.07. The van der Waals surface area contributed by atoms with Crippen LogP contribution in [0.15, 0.2) is 29.1 Å². The van der Waals surface area contributed by atoms with Crippen molar-refractivity contribution in [2.24, 2.45) is 0 Å². The average molecular weight is 363 g/mol. The monoisotopic (exact) mass is 363 g/mol. The molecule has 1 atom stereocenters. The van der Waals surface area contributed by atoms with E-state index in [4.69, 9.17) is 4.74 Å².